The van der Waals surface area contributed by atoms with Crippen LogP contribution in [0.2, 0.25) is 0 Å². The normalized spacial score (nSPS) is 15.7. The summed E-state index contributed by atoms with van der Waals surface area (Å²) in [6.07, 6.45) is 2.01. The Bertz CT molecular complexity index is 445. The molecule has 19 heavy (non-hydrogen) atoms. The van der Waals surface area contributed by atoms with Crippen molar-refractivity contribution in [2.75, 3.05) is 19.8 Å². The molecule has 1 aromatic carbocycles. The summed E-state index contributed by atoms with van der Waals surface area (Å²) in [7, 11) is 0. The summed E-state index contributed by atoms with van der Waals surface area (Å²) in [6.45, 7) is 1.38. The van der Waals surface area contributed by atoms with E-state index in [9.17, 15) is 4.79 Å². The van der Waals surface area contributed by atoms with Crippen LogP contribution in [0.3, 0.4) is 0 Å². The third kappa shape index (κ3) is 3.99. The van der Waals surface area contributed by atoms with Gasteiger partial charge in [0.25, 0.3) is 5.91 Å². The van der Waals surface area contributed by atoms with Gasteiger partial charge in [-0.3, -0.25) is 4.79 Å². The minimum Gasteiger partial charge on any atom is -0.494 e. The van der Waals surface area contributed by atoms with Crippen LogP contribution in [0, 0.1) is 0 Å². The summed E-state index contributed by atoms with van der Waals surface area (Å²) in [4.78, 5) is 11.7. The molecule has 0 radical (unpaired) electrons. The first kappa shape index (κ1) is 13.4. The van der Waals surface area contributed by atoms with Crippen molar-refractivity contribution in [1.29, 1.82) is 0 Å². The maximum atomic E-state index is 11.7. The van der Waals surface area contributed by atoms with Crippen molar-refractivity contribution in [3.05, 3.63) is 47.9 Å². The van der Waals surface area contributed by atoms with Crippen LogP contribution in [0.4, 0.5) is 0 Å². The molecule has 1 aliphatic rings. The number of hydrogen-bond donors (Lipinski definition) is 2. The van der Waals surface area contributed by atoms with Crippen molar-refractivity contribution < 1.29 is 14.3 Å². The summed E-state index contributed by atoms with van der Waals surface area (Å²) < 4.78 is 10.2. The molecular formula is C14H18N2O3. The molecule has 0 saturated heterocycles. The van der Waals surface area contributed by atoms with Crippen molar-refractivity contribution in [2.45, 2.75) is 12.5 Å². The minimum absolute atomic E-state index is 0.0843. The Hall–Kier alpha value is -2.01. The third-order valence-corrected chi connectivity index (χ3v) is 2.84. The molecule has 1 unspecified atom stereocenters. The average molecular weight is 262 g/mol. The summed E-state index contributed by atoms with van der Waals surface area (Å²) in [5, 5.41) is 2.76. The van der Waals surface area contributed by atoms with E-state index in [1.807, 2.05) is 30.3 Å². The molecule has 2 rings (SSSR count). The molecule has 1 aliphatic heterocycles. The van der Waals surface area contributed by atoms with E-state index in [0.717, 1.165) is 5.56 Å². The molecule has 0 bridgehead atoms. The Balaban J connectivity index is 1.74. The fraction of sp³-hybridized carbons (Fsp3) is 0.357. The van der Waals surface area contributed by atoms with Gasteiger partial charge in [-0.2, -0.15) is 0 Å². The first-order chi connectivity index (χ1) is 9.27. The topological polar surface area (TPSA) is 73.6 Å². The van der Waals surface area contributed by atoms with Crippen LogP contribution in [-0.4, -0.2) is 25.7 Å². The van der Waals surface area contributed by atoms with E-state index in [1.54, 1.807) is 0 Å². The van der Waals surface area contributed by atoms with Gasteiger partial charge in [0.1, 0.15) is 19.5 Å². The number of nitrogens with two attached hydrogens (primary N) is 1. The summed E-state index contributed by atoms with van der Waals surface area (Å²) >= 11 is 0. The Morgan fingerprint density at radius 3 is 2.79 bits per heavy atom. The quantitative estimate of drug-likeness (QED) is 0.832. The van der Waals surface area contributed by atoms with E-state index < -0.39 is 0 Å². The van der Waals surface area contributed by atoms with Gasteiger partial charge in [0, 0.05) is 12.6 Å². The monoisotopic (exact) mass is 262 g/mol. The standard InChI is InChI=1S/C14H18N2O3/c15-12(11-4-2-1-3-5-11)6-7-16-14(17)13-10-18-8-9-19-13/h1-5,10,12H,6-9,15H2,(H,16,17). The van der Waals surface area contributed by atoms with E-state index in [4.69, 9.17) is 15.2 Å². The zero-order chi connectivity index (χ0) is 13.5. The van der Waals surface area contributed by atoms with Gasteiger partial charge >= 0.3 is 0 Å². The van der Waals surface area contributed by atoms with Gasteiger partial charge < -0.3 is 20.5 Å². The maximum Gasteiger partial charge on any atom is 0.289 e. The lowest BCUT2D eigenvalue weighted by Crippen LogP contribution is -2.30. The molecule has 0 aromatic heterocycles. The van der Waals surface area contributed by atoms with Crippen LogP contribution < -0.4 is 11.1 Å². The van der Waals surface area contributed by atoms with Gasteiger partial charge in [0.2, 0.25) is 5.76 Å². The smallest absolute Gasteiger partial charge is 0.289 e. The highest BCUT2D eigenvalue weighted by Gasteiger charge is 2.14. The second-order valence-corrected chi connectivity index (χ2v) is 4.26. The van der Waals surface area contributed by atoms with Gasteiger partial charge in [-0.25, -0.2) is 0 Å². The zero-order valence-electron chi connectivity index (χ0n) is 10.7. The van der Waals surface area contributed by atoms with Crippen LogP contribution in [0.5, 0.6) is 0 Å². The zero-order valence-corrected chi connectivity index (χ0v) is 10.7. The summed E-state index contributed by atoms with van der Waals surface area (Å²) in [6, 6.07) is 9.72. The predicted octanol–water partition coefficient (Wildman–Crippen LogP) is 1.08. The fourth-order valence-corrected chi connectivity index (χ4v) is 1.78. The highest BCUT2D eigenvalue weighted by atomic mass is 16.6. The SMILES string of the molecule is NC(CCNC(=O)C1=COCCO1)c1ccccc1. The van der Waals surface area contributed by atoms with E-state index >= 15 is 0 Å². The number of amides is 1. The second kappa shape index (κ2) is 6.80. The molecule has 1 aromatic rings. The first-order valence-corrected chi connectivity index (χ1v) is 6.30. The molecule has 102 valence electrons. The third-order valence-electron chi connectivity index (χ3n) is 2.84. The average Bonchev–Trinajstić information content (AvgIpc) is 2.49. The molecule has 0 saturated carbocycles. The van der Waals surface area contributed by atoms with E-state index in [2.05, 4.69) is 5.32 Å². The Kier molecular flexibility index (Phi) is 4.80. The van der Waals surface area contributed by atoms with Gasteiger partial charge in [-0.15, -0.1) is 0 Å². The molecule has 1 atom stereocenters. The first-order valence-electron chi connectivity index (χ1n) is 6.30. The maximum absolute atomic E-state index is 11.7. The lowest BCUT2D eigenvalue weighted by atomic mass is 10.1. The highest BCUT2D eigenvalue weighted by Crippen LogP contribution is 2.12. The Labute approximate surface area is 112 Å². The van der Waals surface area contributed by atoms with Crippen LogP contribution >= 0.6 is 0 Å². The van der Waals surface area contributed by atoms with Gasteiger partial charge in [0.15, 0.2) is 0 Å². The molecule has 1 amide bonds. The van der Waals surface area contributed by atoms with E-state index in [0.29, 0.717) is 26.2 Å². The van der Waals surface area contributed by atoms with Crippen molar-refractivity contribution in [1.82, 2.24) is 5.32 Å². The fourth-order valence-electron chi connectivity index (χ4n) is 1.78. The molecule has 3 N–H and O–H groups in total. The Morgan fingerprint density at radius 1 is 1.32 bits per heavy atom. The summed E-state index contributed by atoms with van der Waals surface area (Å²) in [5.41, 5.74) is 7.10. The minimum atomic E-state index is -0.264. The van der Waals surface area contributed by atoms with Crippen molar-refractivity contribution in [3.63, 3.8) is 0 Å². The van der Waals surface area contributed by atoms with Gasteiger partial charge in [-0.1, -0.05) is 30.3 Å². The molecule has 5 heteroatoms. The van der Waals surface area contributed by atoms with Crippen LogP contribution in [0.15, 0.2) is 42.4 Å². The van der Waals surface area contributed by atoms with E-state index in [-0.39, 0.29) is 17.7 Å². The molecule has 0 spiro atoms. The van der Waals surface area contributed by atoms with Crippen molar-refractivity contribution >= 4 is 5.91 Å². The highest BCUT2D eigenvalue weighted by molar-refractivity contribution is 5.91. The molecule has 1 heterocycles. The Morgan fingerprint density at radius 2 is 2.11 bits per heavy atom. The van der Waals surface area contributed by atoms with Crippen LogP contribution in [-0.2, 0) is 14.3 Å². The number of carbonyl (C=O) groups excluding carboxylic acids is 1. The molecule has 5 nitrogen and oxygen atoms in total. The number of rotatable bonds is 5. The van der Waals surface area contributed by atoms with Crippen molar-refractivity contribution in [2.24, 2.45) is 5.73 Å². The molecular weight excluding hydrogens is 244 g/mol. The van der Waals surface area contributed by atoms with Crippen LogP contribution in [0.1, 0.15) is 18.0 Å². The lowest BCUT2D eigenvalue weighted by molar-refractivity contribution is -0.122. The largest absolute Gasteiger partial charge is 0.494 e. The number of carbonyl (C=O) groups is 1. The van der Waals surface area contributed by atoms with Crippen LogP contribution in [0.25, 0.3) is 0 Å². The second-order valence-electron chi connectivity index (χ2n) is 4.26. The van der Waals surface area contributed by atoms with E-state index in [1.165, 1.54) is 6.26 Å². The molecule has 0 fully saturated rings. The number of ether oxygens (including phenoxy) is 2. The van der Waals surface area contributed by atoms with Crippen molar-refractivity contribution in [3.8, 4) is 0 Å². The number of hydrogen-bond acceptors (Lipinski definition) is 4. The van der Waals surface area contributed by atoms with Gasteiger partial charge in [-0.05, 0) is 12.0 Å². The summed E-state index contributed by atoms with van der Waals surface area (Å²) in [5.74, 6) is -0.0421. The molecule has 0 aliphatic carbocycles. The number of benzene rings is 1. The lowest BCUT2D eigenvalue weighted by Gasteiger charge is -2.16. The predicted molar refractivity (Wildman–Crippen MR) is 71.0 cm³/mol. The number of nitrogens with one attached hydrogen (secondary N) is 1. The van der Waals surface area contributed by atoms with Gasteiger partial charge in [0.05, 0.1) is 0 Å².